The minimum Gasteiger partial charge on any atom is -0.362 e. The van der Waals surface area contributed by atoms with Gasteiger partial charge >= 0.3 is 0 Å². The molecule has 1 aromatic rings. The van der Waals surface area contributed by atoms with Crippen molar-refractivity contribution in [2.75, 3.05) is 19.3 Å². The first kappa shape index (κ1) is 22.8. The molecule has 33 heavy (non-hydrogen) atoms. The predicted molar refractivity (Wildman–Crippen MR) is 127 cm³/mol. The summed E-state index contributed by atoms with van der Waals surface area (Å²) in [4.78, 5) is 20.0. The van der Waals surface area contributed by atoms with Crippen LogP contribution >= 0.6 is 0 Å². The van der Waals surface area contributed by atoms with Crippen molar-refractivity contribution in [2.24, 2.45) is 34.5 Å². The van der Waals surface area contributed by atoms with Crippen molar-refractivity contribution < 1.29 is 13.2 Å². The number of hydrogen-bond donors (Lipinski definition) is 0. The molecule has 0 spiro atoms. The van der Waals surface area contributed by atoms with E-state index in [1.54, 1.807) is 16.8 Å². The molecule has 0 amide bonds. The van der Waals surface area contributed by atoms with Gasteiger partial charge in [0.2, 0.25) is 10.0 Å². The Morgan fingerprint density at radius 3 is 2.64 bits per heavy atom. The smallest absolute Gasteiger partial charge is 0.254 e. The van der Waals surface area contributed by atoms with Crippen LogP contribution in [0.2, 0.25) is 0 Å². The Balaban J connectivity index is 1.48. The second kappa shape index (κ2) is 7.78. The fraction of sp³-hybridized carbons (Fsp3) is 0.720. The molecule has 5 rings (SSSR count). The van der Waals surface area contributed by atoms with Crippen LogP contribution in [-0.2, 0) is 14.8 Å². The van der Waals surface area contributed by atoms with Gasteiger partial charge in [-0.1, -0.05) is 20.4 Å². The lowest BCUT2D eigenvalue weighted by molar-refractivity contribution is -0.105. The van der Waals surface area contributed by atoms with Gasteiger partial charge in [0.15, 0.2) is 6.33 Å². The van der Waals surface area contributed by atoms with Crippen LogP contribution in [0.3, 0.4) is 0 Å². The quantitative estimate of drug-likeness (QED) is 0.486. The first-order valence-corrected chi connectivity index (χ1v) is 14.0. The lowest BCUT2D eigenvalue weighted by Gasteiger charge is -2.58. The third kappa shape index (κ3) is 3.34. The number of carbonyl (C=O) groups excluding carboxylic acids is 1. The maximum absolute atomic E-state index is 12.3. The monoisotopic (exact) mass is 470 g/mol. The molecule has 2 saturated carbocycles. The van der Waals surface area contributed by atoms with Gasteiger partial charge in [-0.15, -0.1) is 0 Å². The van der Waals surface area contributed by atoms with Crippen LogP contribution in [-0.4, -0.2) is 47.9 Å². The van der Waals surface area contributed by atoms with E-state index in [2.05, 4.69) is 23.7 Å². The van der Waals surface area contributed by atoms with Crippen LogP contribution in [0.25, 0.3) is 10.5 Å². The largest absolute Gasteiger partial charge is 0.362 e. The fourth-order valence-electron chi connectivity index (χ4n) is 8.28. The van der Waals surface area contributed by atoms with Gasteiger partial charge in [-0.05, 0) is 74.0 Å². The van der Waals surface area contributed by atoms with Crippen molar-refractivity contribution in [2.45, 2.75) is 58.8 Å². The number of nitrogens with zero attached hydrogens (tertiary/aromatic N) is 4. The molecule has 4 aliphatic rings. The molecule has 6 atom stereocenters. The third-order valence-corrected chi connectivity index (χ3v) is 11.3. The van der Waals surface area contributed by atoms with Gasteiger partial charge in [0.1, 0.15) is 12.0 Å². The summed E-state index contributed by atoms with van der Waals surface area (Å²) >= 11 is 0. The van der Waals surface area contributed by atoms with Gasteiger partial charge in [0.05, 0.1) is 12.5 Å². The van der Waals surface area contributed by atoms with Crippen LogP contribution in [0.15, 0.2) is 18.1 Å². The molecule has 2 heterocycles. The number of rotatable bonds is 3. The number of hydrogen-bond acceptors (Lipinski definition) is 4. The summed E-state index contributed by atoms with van der Waals surface area (Å²) < 4.78 is 28.0. The molecular formula is C25H34N4O3S. The SMILES string of the molecule is [C-]#[N+]c1cncn1C1=C(C=O)C[C@H]2[C@@H]3CCC4CCN(S(C)(=O)=O)CC[C@]4(C)[C@H]3CC[C@]12C. The molecule has 8 heteroatoms. The second-order valence-corrected chi connectivity index (χ2v) is 13.2. The van der Waals surface area contributed by atoms with Gasteiger partial charge in [-0.2, -0.15) is 0 Å². The standard InChI is InChI=1S/C25H34N4O3S/c1-24-10-12-28(33(4,31)32)11-8-18(24)5-6-19-20(24)7-9-25(2)21(19)13-17(15-30)23(25)29-16-27-14-22(29)26-3/h14-16,18-21H,5-13H2,1-2,4H3/t18?,19-,20+,21+,24+,25+/m1/s1. The van der Waals surface area contributed by atoms with Crippen molar-refractivity contribution in [3.8, 4) is 0 Å². The molecule has 1 unspecified atom stereocenters. The summed E-state index contributed by atoms with van der Waals surface area (Å²) in [5, 5.41) is 0. The lowest BCUT2D eigenvalue weighted by atomic mass is 9.46. The number of carbonyl (C=O) groups is 1. The van der Waals surface area contributed by atoms with Crippen LogP contribution < -0.4 is 0 Å². The molecule has 1 aliphatic heterocycles. The molecule has 0 radical (unpaired) electrons. The molecule has 0 bridgehead atoms. The minimum absolute atomic E-state index is 0.129. The summed E-state index contributed by atoms with van der Waals surface area (Å²) in [6.07, 6.45) is 12.6. The Morgan fingerprint density at radius 1 is 1.15 bits per heavy atom. The number of imidazole rings is 1. The maximum Gasteiger partial charge on any atom is 0.254 e. The molecule has 0 N–H and O–H groups in total. The Kier molecular flexibility index (Phi) is 5.37. The van der Waals surface area contributed by atoms with E-state index in [-0.39, 0.29) is 10.8 Å². The van der Waals surface area contributed by atoms with Crippen molar-refractivity contribution in [1.82, 2.24) is 13.9 Å². The Labute approximate surface area is 197 Å². The average molecular weight is 471 g/mol. The Hall–Kier alpha value is -1.98. The van der Waals surface area contributed by atoms with Crippen LogP contribution in [0, 0.1) is 41.1 Å². The first-order valence-electron chi connectivity index (χ1n) is 12.2. The van der Waals surface area contributed by atoms with Crippen molar-refractivity contribution in [1.29, 1.82) is 0 Å². The number of allylic oxidation sites excluding steroid dienone is 2. The van der Waals surface area contributed by atoms with E-state index in [4.69, 9.17) is 6.57 Å². The van der Waals surface area contributed by atoms with Crippen LogP contribution in [0.4, 0.5) is 5.82 Å². The molecule has 7 nitrogen and oxygen atoms in total. The summed E-state index contributed by atoms with van der Waals surface area (Å²) in [6, 6.07) is 0. The van der Waals surface area contributed by atoms with E-state index in [0.29, 0.717) is 42.6 Å². The van der Waals surface area contributed by atoms with Crippen molar-refractivity contribution in [3.63, 3.8) is 0 Å². The third-order valence-electron chi connectivity index (χ3n) is 9.95. The van der Waals surface area contributed by atoms with E-state index >= 15 is 0 Å². The molecule has 3 aliphatic carbocycles. The van der Waals surface area contributed by atoms with Gasteiger partial charge in [-0.25, -0.2) is 17.7 Å². The summed E-state index contributed by atoms with van der Waals surface area (Å²) in [7, 11) is -3.17. The molecule has 178 valence electrons. The zero-order valence-electron chi connectivity index (χ0n) is 19.8. The number of aromatic nitrogens is 2. The van der Waals surface area contributed by atoms with Crippen LogP contribution in [0.1, 0.15) is 58.8 Å². The highest BCUT2D eigenvalue weighted by Crippen LogP contribution is 2.67. The number of aldehydes is 1. The zero-order chi connectivity index (χ0) is 23.6. The highest BCUT2D eigenvalue weighted by molar-refractivity contribution is 7.88. The highest BCUT2D eigenvalue weighted by Gasteiger charge is 2.60. The van der Waals surface area contributed by atoms with Gasteiger partial charge in [-0.3, -0.25) is 9.36 Å². The van der Waals surface area contributed by atoms with E-state index in [1.165, 1.54) is 6.26 Å². The lowest BCUT2D eigenvalue weighted by Crippen LogP contribution is -2.51. The predicted octanol–water partition coefficient (Wildman–Crippen LogP) is 4.37. The zero-order valence-corrected chi connectivity index (χ0v) is 20.6. The molecular weight excluding hydrogens is 436 g/mol. The molecule has 1 aromatic heterocycles. The van der Waals surface area contributed by atoms with Crippen molar-refractivity contribution in [3.05, 3.63) is 29.5 Å². The van der Waals surface area contributed by atoms with Crippen LogP contribution in [0.5, 0.6) is 0 Å². The number of fused-ring (bicyclic) bond motifs is 5. The molecule has 1 saturated heterocycles. The normalized spacial score (nSPS) is 39.2. The van der Waals surface area contributed by atoms with Gasteiger partial charge in [0, 0.05) is 24.1 Å². The summed E-state index contributed by atoms with van der Waals surface area (Å²) in [5.41, 5.74) is 1.79. The highest BCUT2D eigenvalue weighted by atomic mass is 32.2. The van der Waals surface area contributed by atoms with E-state index < -0.39 is 10.0 Å². The Morgan fingerprint density at radius 2 is 1.94 bits per heavy atom. The second-order valence-electron chi connectivity index (χ2n) is 11.2. The Bertz CT molecular complexity index is 1150. The fourth-order valence-corrected chi connectivity index (χ4v) is 9.14. The molecule has 0 aromatic carbocycles. The summed E-state index contributed by atoms with van der Waals surface area (Å²) in [6.45, 7) is 13.5. The van der Waals surface area contributed by atoms with Gasteiger partial charge in [0.25, 0.3) is 5.82 Å². The van der Waals surface area contributed by atoms with E-state index in [9.17, 15) is 13.2 Å². The van der Waals surface area contributed by atoms with E-state index in [1.807, 2.05) is 4.57 Å². The topological polar surface area (TPSA) is 76.6 Å². The maximum atomic E-state index is 12.3. The van der Waals surface area contributed by atoms with Crippen molar-refractivity contribution >= 4 is 27.8 Å². The molecule has 3 fully saturated rings. The number of sulfonamides is 1. The first-order chi connectivity index (χ1) is 15.6. The van der Waals surface area contributed by atoms with E-state index in [0.717, 1.165) is 62.5 Å². The van der Waals surface area contributed by atoms with Gasteiger partial charge < -0.3 is 4.85 Å². The summed E-state index contributed by atoms with van der Waals surface area (Å²) in [5.74, 6) is 2.45. The average Bonchev–Trinajstić information content (AvgIpc) is 3.28. The minimum atomic E-state index is -3.17.